The maximum absolute atomic E-state index is 10.0. The zero-order valence-corrected chi connectivity index (χ0v) is 9.09. The van der Waals surface area contributed by atoms with Gasteiger partial charge in [-0.25, -0.2) is 0 Å². The summed E-state index contributed by atoms with van der Waals surface area (Å²) in [6.07, 6.45) is 3.68. The smallest absolute Gasteiger partial charge is 0.0871 e. The molecule has 2 fully saturated rings. The van der Waals surface area contributed by atoms with Crippen molar-refractivity contribution in [2.24, 2.45) is 5.92 Å². The summed E-state index contributed by atoms with van der Waals surface area (Å²) in [6.45, 7) is 2.18. The van der Waals surface area contributed by atoms with E-state index in [1.807, 2.05) is 23.5 Å². The van der Waals surface area contributed by atoms with Crippen LogP contribution in [0.15, 0.2) is 0 Å². The van der Waals surface area contributed by atoms with Gasteiger partial charge < -0.3 is 5.11 Å². The fraction of sp³-hybridized carbons (Fsp3) is 1.00. The van der Waals surface area contributed by atoms with E-state index in [1.54, 1.807) is 0 Å². The highest BCUT2D eigenvalue weighted by Crippen LogP contribution is 2.54. The van der Waals surface area contributed by atoms with Crippen LogP contribution < -0.4 is 0 Å². The lowest BCUT2D eigenvalue weighted by molar-refractivity contribution is 0.138. The van der Waals surface area contributed by atoms with Gasteiger partial charge in [-0.3, -0.25) is 0 Å². The Morgan fingerprint density at radius 2 is 2.00 bits per heavy atom. The lowest BCUT2D eigenvalue weighted by Gasteiger charge is -2.35. The molecule has 1 heterocycles. The second-order valence-electron chi connectivity index (χ2n) is 3.82. The van der Waals surface area contributed by atoms with Gasteiger partial charge in [-0.15, -0.1) is 23.5 Å². The number of rotatable bonds is 0. The molecular weight excluding hydrogens is 188 g/mol. The molecule has 3 heteroatoms. The van der Waals surface area contributed by atoms with Crippen molar-refractivity contribution >= 4 is 23.5 Å². The number of aliphatic hydroxyl groups excluding tert-OH is 1. The number of aliphatic hydroxyl groups is 1. The first-order valence-corrected chi connectivity index (χ1v) is 6.68. The highest BCUT2D eigenvalue weighted by molar-refractivity contribution is 8.18. The van der Waals surface area contributed by atoms with Crippen LogP contribution in [0.3, 0.4) is 0 Å². The summed E-state index contributed by atoms with van der Waals surface area (Å²) in [4.78, 5) is 0. The molecule has 1 saturated heterocycles. The van der Waals surface area contributed by atoms with E-state index in [9.17, 15) is 5.11 Å². The van der Waals surface area contributed by atoms with Crippen LogP contribution in [0.2, 0.25) is 0 Å². The summed E-state index contributed by atoms with van der Waals surface area (Å²) in [5, 5.41) is 10.0. The average Bonchev–Trinajstić information content (AvgIpc) is 2.37. The monoisotopic (exact) mass is 204 g/mol. The Morgan fingerprint density at radius 3 is 2.50 bits per heavy atom. The van der Waals surface area contributed by atoms with Gasteiger partial charge in [0.1, 0.15) is 0 Å². The summed E-state index contributed by atoms with van der Waals surface area (Å²) in [5.74, 6) is 3.01. The van der Waals surface area contributed by atoms with Gasteiger partial charge in [0.25, 0.3) is 0 Å². The zero-order valence-electron chi connectivity index (χ0n) is 7.45. The Labute approximate surface area is 82.7 Å². The fourth-order valence-corrected chi connectivity index (χ4v) is 5.69. The quantitative estimate of drug-likeness (QED) is 0.654. The molecule has 0 aromatic rings. The first-order valence-electron chi connectivity index (χ1n) is 4.70. The molecule has 0 aromatic heterocycles. The molecule has 0 amide bonds. The van der Waals surface area contributed by atoms with E-state index < -0.39 is 0 Å². The van der Waals surface area contributed by atoms with Crippen LogP contribution in [-0.4, -0.2) is 26.8 Å². The van der Waals surface area contributed by atoms with Crippen LogP contribution in [0.4, 0.5) is 0 Å². The average molecular weight is 204 g/mol. The Hall–Kier alpha value is 0.660. The van der Waals surface area contributed by atoms with Crippen LogP contribution in [0, 0.1) is 5.92 Å². The molecule has 0 aromatic carbocycles. The van der Waals surface area contributed by atoms with Gasteiger partial charge in [0.15, 0.2) is 0 Å². The van der Waals surface area contributed by atoms with Crippen LogP contribution in [-0.2, 0) is 0 Å². The molecule has 70 valence electrons. The number of hydrogen-bond donors (Lipinski definition) is 1. The second kappa shape index (κ2) is 3.43. The Kier molecular flexibility index (Phi) is 2.64. The molecule has 2 atom stereocenters. The predicted molar refractivity (Wildman–Crippen MR) is 56.7 cm³/mol. The van der Waals surface area contributed by atoms with Gasteiger partial charge in [0.2, 0.25) is 0 Å². The van der Waals surface area contributed by atoms with Gasteiger partial charge in [-0.05, 0) is 36.7 Å². The number of thioether (sulfide) groups is 2. The molecule has 1 N–H and O–H groups in total. The molecule has 0 bridgehead atoms. The van der Waals surface area contributed by atoms with Gasteiger partial charge in [-0.1, -0.05) is 6.92 Å². The molecule has 2 rings (SSSR count). The van der Waals surface area contributed by atoms with E-state index in [2.05, 4.69) is 6.92 Å². The maximum Gasteiger partial charge on any atom is 0.0871 e. The summed E-state index contributed by atoms with van der Waals surface area (Å²) in [7, 11) is 0. The lowest BCUT2D eigenvalue weighted by atomic mass is 10.1. The van der Waals surface area contributed by atoms with Crippen molar-refractivity contribution in [2.45, 2.75) is 36.4 Å². The Morgan fingerprint density at radius 1 is 1.33 bits per heavy atom. The fourth-order valence-electron chi connectivity index (χ4n) is 2.07. The van der Waals surface area contributed by atoms with Crippen molar-refractivity contribution in [3.05, 3.63) is 0 Å². The molecule has 2 aliphatic rings. The SMILES string of the molecule is C[C@@H]1CCC2(SCCCS2)[C@H]1O. The topological polar surface area (TPSA) is 20.2 Å². The van der Waals surface area contributed by atoms with Crippen LogP contribution >= 0.6 is 23.5 Å². The Balaban J connectivity index is 2.09. The third-order valence-electron chi connectivity index (χ3n) is 2.92. The molecule has 1 aliphatic heterocycles. The van der Waals surface area contributed by atoms with E-state index in [0.717, 1.165) is 0 Å². The summed E-state index contributed by atoms with van der Waals surface area (Å²) < 4.78 is 0.192. The summed E-state index contributed by atoms with van der Waals surface area (Å²) in [5.41, 5.74) is 0. The van der Waals surface area contributed by atoms with E-state index in [-0.39, 0.29) is 10.2 Å². The maximum atomic E-state index is 10.0. The Bertz CT molecular complexity index is 160. The van der Waals surface area contributed by atoms with Crippen molar-refractivity contribution in [3.8, 4) is 0 Å². The highest BCUT2D eigenvalue weighted by atomic mass is 32.2. The minimum absolute atomic E-state index is 0.0622. The molecule has 1 spiro atoms. The van der Waals surface area contributed by atoms with Crippen molar-refractivity contribution in [3.63, 3.8) is 0 Å². The van der Waals surface area contributed by atoms with E-state index in [1.165, 1.54) is 30.8 Å². The van der Waals surface area contributed by atoms with Crippen molar-refractivity contribution in [2.75, 3.05) is 11.5 Å². The third-order valence-corrected chi connectivity index (χ3v) is 6.48. The standard InChI is InChI=1S/C9H16OS2/c1-7-3-4-9(8(7)10)11-5-2-6-12-9/h7-8,10H,2-6H2,1H3/t7-,8+/m1/s1. The van der Waals surface area contributed by atoms with Crippen LogP contribution in [0.5, 0.6) is 0 Å². The van der Waals surface area contributed by atoms with Crippen molar-refractivity contribution < 1.29 is 5.11 Å². The van der Waals surface area contributed by atoms with E-state index >= 15 is 0 Å². The van der Waals surface area contributed by atoms with Crippen molar-refractivity contribution in [1.82, 2.24) is 0 Å². The minimum Gasteiger partial charge on any atom is -0.391 e. The zero-order chi connectivity index (χ0) is 8.60. The molecule has 0 radical (unpaired) electrons. The lowest BCUT2D eigenvalue weighted by Crippen LogP contribution is -2.35. The van der Waals surface area contributed by atoms with Gasteiger partial charge >= 0.3 is 0 Å². The van der Waals surface area contributed by atoms with Gasteiger partial charge in [0, 0.05) is 0 Å². The molecule has 1 aliphatic carbocycles. The highest BCUT2D eigenvalue weighted by Gasteiger charge is 2.47. The summed E-state index contributed by atoms with van der Waals surface area (Å²) >= 11 is 4.00. The first kappa shape index (κ1) is 9.22. The minimum atomic E-state index is -0.0622. The molecule has 1 saturated carbocycles. The second-order valence-corrected chi connectivity index (χ2v) is 6.93. The predicted octanol–water partition coefficient (Wildman–Crippen LogP) is 2.34. The van der Waals surface area contributed by atoms with Crippen molar-refractivity contribution in [1.29, 1.82) is 0 Å². The third kappa shape index (κ3) is 1.40. The number of hydrogen-bond acceptors (Lipinski definition) is 3. The molecule has 1 nitrogen and oxygen atoms in total. The molecular formula is C9H16OS2. The first-order chi connectivity index (χ1) is 5.75. The van der Waals surface area contributed by atoms with Gasteiger partial charge in [0.05, 0.1) is 10.2 Å². The van der Waals surface area contributed by atoms with Crippen LogP contribution in [0.25, 0.3) is 0 Å². The largest absolute Gasteiger partial charge is 0.391 e. The van der Waals surface area contributed by atoms with E-state index in [0.29, 0.717) is 5.92 Å². The van der Waals surface area contributed by atoms with E-state index in [4.69, 9.17) is 0 Å². The summed E-state index contributed by atoms with van der Waals surface area (Å²) in [6, 6.07) is 0. The molecule has 0 unspecified atom stereocenters. The van der Waals surface area contributed by atoms with Crippen LogP contribution in [0.1, 0.15) is 26.2 Å². The van der Waals surface area contributed by atoms with Gasteiger partial charge in [-0.2, -0.15) is 0 Å². The molecule has 12 heavy (non-hydrogen) atoms. The normalized spacial score (nSPS) is 40.5.